The third-order valence-corrected chi connectivity index (χ3v) is 4.56. The minimum absolute atomic E-state index is 0.176. The normalized spacial score (nSPS) is 17.0. The molecular weight excluding hydrogens is 273 g/mol. The van der Waals surface area contributed by atoms with Crippen molar-refractivity contribution in [3.63, 3.8) is 0 Å². The molecule has 1 aliphatic rings. The van der Waals surface area contributed by atoms with Crippen LogP contribution in [0.15, 0.2) is 60.7 Å². The van der Waals surface area contributed by atoms with E-state index in [0.717, 1.165) is 18.7 Å². The molecule has 2 heteroatoms. The summed E-state index contributed by atoms with van der Waals surface area (Å²) in [5.41, 5.74) is 3.91. The van der Waals surface area contributed by atoms with Crippen molar-refractivity contribution in [3.05, 3.63) is 77.6 Å². The van der Waals surface area contributed by atoms with Crippen LogP contribution in [0.3, 0.4) is 0 Å². The van der Waals surface area contributed by atoms with Gasteiger partial charge in [0.15, 0.2) is 0 Å². The quantitative estimate of drug-likeness (QED) is 0.634. The predicted octanol–water partition coefficient (Wildman–Crippen LogP) is 5.10. The van der Waals surface area contributed by atoms with Gasteiger partial charge in [0.25, 0.3) is 0 Å². The first-order valence-electron chi connectivity index (χ1n) is 7.73. The highest BCUT2D eigenvalue weighted by molar-refractivity contribution is 5.92. The molecule has 3 aromatic carbocycles. The van der Waals surface area contributed by atoms with Gasteiger partial charge >= 0.3 is 0 Å². The molecule has 22 heavy (non-hydrogen) atoms. The van der Waals surface area contributed by atoms with Crippen LogP contribution in [0, 0.1) is 5.82 Å². The highest BCUT2D eigenvalue weighted by Crippen LogP contribution is 2.41. The van der Waals surface area contributed by atoms with Crippen LogP contribution in [0.25, 0.3) is 10.8 Å². The SMILES string of the molecule is CC1CN(Cc2ccc(F)cc2)c2ccc3ccccc3c21. The number of anilines is 1. The Bertz CT molecular complexity index is 823. The van der Waals surface area contributed by atoms with Crippen molar-refractivity contribution >= 4 is 16.5 Å². The van der Waals surface area contributed by atoms with Gasteiger partial charge in [-0.3, -0.25) is 0 Å². The standard InChI is InChI=1S/C20H18FN/c1-14-12-22(13-15-6-9-17(21)10-7-15)19-11-8-16-4-2-3-5-18(16)20(14)19/h2-11,14H,12-13H2,1H3. The molecule has 0 aliphatic carbocycles. The third kappa shape index (κ3) is 2.16. The van der Waals surface area contributed by atoms with E-state index in [2.05, 4.69) is 48.2 Å². The summed E-state index contributed by atoms with van der Waals surface area (Å²) in [6.45, 7) is 4.13. The molecule has 0 radical (unpaired) electrons. The fourth-order valence-electron chi connectivity index (χ4n) is 3.56. The van der Waals surface area contributed by atoms with E-state index in [1.807, 2.05) is 12.1 Å². The van der Waals surface area contributed by atoms with E-state index in [4.69, 9.17) is 0 Å². The molecule has 1 atom stereocenters. The maximum atomic E-state index is 13.1. The second-order valence-corrected chi connectivity index (χ2v) is 6.13. The molecule has 0 bridgehead atoms. The van der Waals surface area contributed by atoms with E-state index in [-0.39, 0.29) is 5.82 Å². The first-order chi connectivity index (χ1) is 10.7. The van der Waals surface area contributed by atoms with Crippen molar-refractivity contribution < 1.29 is 4.39 Å². The Labute approximate surface area is 130 Å². The van der Waals surface area contributed by atoms with Crippen LogP contribution in [0.1, 0.15) is 24.0 Å². The van der Waals surface area contributed by atoms with Gasteiger partial charge < -0.3 is 4.90 Å². The van der Waals surface area contributed by atoms with E-state index >= 15 is 0 Å². The lowest BCUT2D eigenvalue weighted by molar-refractivity contribution is 0.626. The third-order valence-electron chi connectivity index (χ3n) is 4.56. The minimum Gasteiger partial charge on any atom is -0.366 e. The zero-order chi connectivity index (χ0) is 15.1. The Morgan fingerprint density at radius 3 is 2.59 bits per heavy atom. The molecule has 0 saturated carbocycles. The van der Waals surface area contributed by atoms with Gasteiger partial charge in [-0.2, -0.15) is 0 Å². The summed E-state index contributed by atoms with van der Waals surface area (Å²) in [6.07, 6.45) is 0. The van der Waals surface area contributed by atoms with Gasteiger partial charge in [0.05, 0.1) is 0 Å². The molecule has 0 aromatic heterocycles. The predicted molar refractivity (Wildman–Crippen MR) is 89.8 cm³/mol. The van der Waals surface area contributed by atoms with Crippen LogP contribution in [-0.2, 0) is 6.54 Å². The van der Waals surface area contributed by atoms with Gasteiger partial charge in [-0.25, -0.2) is 4.39 Å². The van der Waals surface area contributed by atoms with Crippen molar-refractivity contribution in [1.82, 2.24) is 0 Å². The second kappa shape index (κ2) is 5.13. The van der Waals surface area contributed by atoms with Crippen LogP contribution in [0.5, 0.6) is 0 Å². The molecule has 3 aromatic rings. The van der Waals surface area contributed by atoms with E-state index in [1.54, 1.807) is 0 Å². The molecular formula is C20H18FN. The van der Waals surface area contributed by atoms with Crippen molar-refractivity contribution in [2.45, 2.75) is 19.4 Å². The van der Waals surface area contributed by atoms with Crippen molar-refractivity contribution in [3.8, 4) is 0 Å². The van der Waals surface area contributed by atoms with E-state index in [9.17, 15) is 4.39 Å². The molecule has 0 N–H and O–H groups in total. The number of halogens is 1. The van der Waals surface area contributed by atoms with Gasteiger partial charge in [0.2, 0.25) is 0 Å². The van der Waals surface area contributed by atoms with Crippen molar-refractivity contribution in [1.29, 1.82) is 0 Å². The van der Waals surface area contributed by atoms with Crippen LogP contribution < -0.4 is 4.90 Å². The zero-order valence-corrected chi connectivity index (χ0v) is 12.6. The monoisotopic (exact) mass is 291 g/mol. The molecule has 0 amide bonds. The smallest absolute Gasteiger partial charge is 0.123 e. The highest BCUT2D eigenvalue weighted by Gasteiger charge is 2.27. The summed E-state index contributed by atoms with van der Waals surface area (Å²) in [5.74, 6) is 0.339. The highest BCUT2D eigenvalue weighted by atomic mass is 19.1. The summed E-state index contributed by atoms with van der Waals surface area (Å²) < 4.78 is 13.1. The van der Waals surface area contributed by atoms with Gasteiger partial charge in [0.1, 0.15) is 5.82 Å². The topological polar surface area (TPSA) is 3.24 Å². The maximum absolute atomic E-state index is 13.1. The average molecular weight is 291 g/mol. The Balaban J connectivity index is 1.74. The summed E-state index contributed by atoms with van der Waals surface area (Å²) in [4.78, 5) is 2.40. The first-order valence-corrected chi connectivity index (χ1v) is 7.73. The number of fused-ring (bicyclic) bond motifs is 3. The Morgan fingerprint density at radius 2 is 1.77 bits per heavy atom. The molecule has 0 spiro atoms. The molecule has 110 valence electrons. The largest absolute Gasteiger partial charge is 0.366 e. The van der Waals surface area contributed by atoms with Crippen LogP contribution in [0.2, 0.25) is 0 Å². The summed E-state index contributed by atoms with van der Waals surface area (Å²) in [5, 5.41) is 2.66. The number of rotatable bonds is 2. The average Bonchev–Trinajstić information content (AvgIpc) is 2.86. The summed E-state index contributed by atoms with van der Waals surface area (Å²) in [7, 11) is 0. The molecule has 0 fully saturated rings. The van der Waals surface area contributed by atoms with Crippen LogP contribution in [-0.4, -0.2) is 6.54 Å². The fraction of sp³-hybridized carbons (Fsp3) is 0.200. The Hall–Kier alpha value is -2.35. The van der Waals surface area contributed by atoms with Gasteiger partial charge in [-0.1, -0.05) is 49.4 Å². The number of nitrogens with zero attached hydrogens (tertiary/aromatic N) is 1. The second-order valence-electron chi connectivity index (χ2n) is 6.13. The van der Waals surface area contributed by atoms with E-state index in [1.165, 1.54) is 34.2 Å². The number of hydrogen-bond donors (Lipinski definition) is 0. The van der Waals surface area contributed by atoms with Crippen LogP contribution >= 0.6 is 0 Å². The van der Waals surface area contributed by atoms with Gasteiger partial charge in [-0.05, 0) is 40.1 Å². The van der Waals surface area contributed by atoms with E-state index in [0.29, 0.717) is 5.92 Å². The summed E-state index contributed by atoms with van der Waals surface area (Å²) >= 11 is 0. The Morgan fingerprint density at radius 1 is 1.00 bits per heavy atom. The van der Waals surface area contributed by atoms with Gasteiger partial charge in [-0.15, -0.1) is 0 Å². The first kappa shape index (κ1) is 13.3. The van der Waals surface area contributed by atoms with E-state index < -0.39 is 0 Å². The Kier molecular flexibility index (Phi) is 3.11. The number of benzene rings is 3. The lowest BCUT2D eigenvalue weighted by Crippen LogP contribution is -2.20. The summed E-state index contributed by atoms with van der Waals surface area (Å²) in [6, 6.07) is 19.8. The minimum atomic E-state index is -0.176. The molecule has 1 unspecified atom stereocenters. The van der Waals surface area contributed by atoms with Gasteiger partial charge in [0, 0.05) is 24.7 Å². The fourth-order valence-corrected chi connectivity index (χ4v) is 3.56. The van der Waals surface area contributed by atoms with Crippen molar-refractivity contribution in [2.24, 2.45) is 0 Å². The zero-order valence-electron chi connectivity index (χ0n) is 12.6. The maximum Gasteiger partial charge on any atom is 0.123 e. The molecule has 0 saturated heterocycles. The lowest BCUT2D eigenvalue weighted by Gasteiger charge is -2.20. The number of hydrogen-bond acceptors (Lipinski definition) is 1. The molecule has 1 aliphatic heterocycles. The van der Waals surface area contributed by atoms with Crippen molar-refractivity contribution in [2.75, 3.05) is 11.4 Å². The molecule has 4 rings (SSSR count). The molecule has 1 heterocycles. The van der Waals surface area contributed by atoms with Crippen LogP contribution in [0.4, 0.5) is 10.1 Å². The molecule has 1 nitrogen and oxygen atoms in total. The lowest BCUT2D eigenvalue weighted by atomic mass is 9.96.